The number of guanidine groups is 2. The largest absolute Gasteiger partial charge is 0.488 e. The van der Waals surface area contributed by atoms with E-state index in [2.05, 4.69) is 25.9 Å². The second kappa shape index (κ2) is 20.8. The maximum absolute atomic E-state index is 13.5. The van der Waals surface area contributed by atoms with Gasteiger partial charge in [-0.1, -0.05) is 107 Å². The van der Waals surface area contributed by atoms with Crippen molar-refractivity contribution in [3.63, 3.8) is 0 Å². The third-order valence-electron chi connectivity index (χ3n) is 13.2. The Balaban J connectivity index is 0.000000161. The smallest absolute Gasteiger partial charge is 0.485 e. The number of hydrogen-bond acceptors (Lipinski definition) is 14. The van der Waals surface area contributed by atoms with Crippen LogP contribution in [0.4, 0.5) is 0 Å². The first-order valence-electron chi connectivity index (χ1n) is 23.1. The van der Waals surface area contributed by atoms with E-state index in [4.69, 9.17) is 31.0 Å². The van der Waals surface area contributed by atoms with E-state index in [0.29, 0.717) is 35.5 Å². The summed E-state index contributed by atoms with van der Waals surface area (Å²) in [6.45, 7) is 0. The van der Waals surface area contributed by atoms with Crippen LogP contribution in [0.3, 0.4) is 0 Å². The van der Waals surface area contributed by atoms with Crippen molar-refractivity contribution in [1.82, 2.24) is 18.4 Å². The maximum atomic E-state index is 13.5. The molecule has 0 saturated heterocycles. The highest BCUT2D eigenvalue weighted by Gasteiger charge is 2.55. The lowest BCUT2D eigenvalue weighted by atomic mass is 9.79. The number of benzene rings is 6. The Morgan fingerprint density at radius 1 is 0.595 bits per heavy atom. The van der Waals surface area contributed by atoms with Gasteiger partial charge in [-0.2, -0.15) is 0 Å². The first-order chi connectivity index (χ1) is 35.0. The fourth-order valence-corrected chi connectivity index (χ4v) is 11.3. The zero-order valence-electron chi connectivity index (χ0n) is 41.2. The quantitative estimate of drug-likeness (QED) is 0.152. The summed E-state index contributed by atoms with van der Waals surface area (Å²) in [5.74, 6) is 1.26. The third kappa shape index (κ3) is 10.0. The van der Waals surface area contributed by atoms with Gasteiger partial charge in [-0.15, -0.1) is 0 Å². The summed E-state index contributed by atoms with van der Waals surface area (Å²) in [5.41, 5.74) is 14.7. The summed E-state index contributed by atoms with van der Waals surface area (Å²) >= 11 is 3.47. The fourth-order valence-electron chi connectivity index (χ4n) is 9.03. The predicted molar refractivity (Wildman–Crippen MR) is 285 cm³/mol. The van der Waals surface area contributed by atoms with E-state index in [1.807, 2.05) is 103 Å². The minimum atomic E-state index is -3.60. The van der Waals surface area contributed by atoms with Crippen LogP contribution in [0.15, 0.2) is 170 Å². The van der Waals surface area contributed by atoms with Gasteiger partial charge in [0.15, 0.2) is 23.0 Å². The molecular formula is C52H54BBrN8O10S2. The molecule has 18 nitrogen and oxygen atoms in total. The van der Waals surface area contributed by atoms with Crippen molar-refractivity contribution in [3.8, 4) is 22.6 Å². The molecule has 6 N–H and O–H groups in total. The zero-order valence-corrected chi connectivity index (χ0v) is 44.4. The van der Waals surface area contributed by atoms with Crippen molar-refractivity contribution in [3.05, 3.63) is 172 Å². The Morgan fingerprint density at radius 3 is 1.47 bits per heavy atom. The zero-order chi connectivity index (χ0) is 53.5. The maximum Gasteiger partial charge on any atom is 0.488 e. The molecule has 2 spiro atoms. The summed E-state index contributed by atoms with van der Waals surface area (Å²) in [6, 6.07) is 43.0. The number of carbonyl (C=O) groups is 2. The molecule has 2 amide bonds. The van der Waals surface area contributed by atoms with E-state index in [1.54, 1.807) is 32.3 Å². The average Bonchev–Trinajstić information content (AvgIpc) is 3.74. The Kier molecular flexibility index (Phi) is 15.0. The van der Waals surface area contributed by atoms with Crippen LogP contribution in [-0.4, -0.2) is 118 Å². The molecule has 0 fully saturated rings. The Morgan fingerprint density at radius 2 is 1.03 bits per heavy atom. The first-order valence-corrected chi connectivity index (χ1v) is 26.7. The Bertz CT molecular complexity index is 3430. The molecule has 74 heavy (non-hydrogen) atoms. The predicted octanol–water partition coefficient (Wildman–Crippen LogP) is 4.68. The van der Waals surface area contributed by atoms with Gasteiger partial charge < -0.3 is 31.0 Å². The van der Waals surface area contributed by atoms with Crippen molar-refractivity contribution in [1.29, 1.82) is 0 Å². The van der Waals surface area contributed by atoms with Crippen molar-refractivity contribution in [2.45, 2.75) is 45.9 Å². The molecule has 22 heteroatoms. The summed E-state index contributed by atoms with van der Waals surface area (Å²) in [6.07, 6.45) is 0.0819. The highest BCUT2D eigenvalue weighted by atomic mass is 79.9. The topological polar surface area (TPSA) is 251 Å². The number of rotatable bonds is 8. The van der Waals surface area contributed by atoms with Gasteiger partial charge in [0.1, 0.15) is 23.7 Å². The molecule has 384 valence electrons. The lowest BCUT2D eigenvalue weighted by Crippen LogP contribution is -2.43. The molecule has 0 aliphatic carbocycles. The highest BCUT2D eigenvalue weighted by molar-refractivity contribution is 9.10. The van der Waals surface area contributed by atoms with E-state index in [0.717, 1.165) is 31.0 Å². The summed E-state index contributed by atoms with van der Waals surface area (Å²) < 4.78 is 64.3. The van der Waals surface area contributed by atoms with Gasteiger partial charge in [-0.3, -0.25) is 19.4 Å². The van der Waals surface area contributed by atoms with Crippen LogP contribution in [0.25, 0.3) is 11.1 Å². The molecule has 10 rings (SSSR count). The normalized spacial score (nSPS) is 20.9. The standard InChI is InChI=1S/C26H26N4O4S.C18H16BrN3O2.C8H12BNO4S/c1-29(2)35(32,33)20-11-7-10-18(14-20)19-12-13-22-21(15-19)26(24(31)30(3)25(27)28-26)16-23(34-22)17-8-5-4-6-9-17;1-22-16(23)18(21-17(22)20)10-15(11-5-3-2-4-6-11)24-14-8-7-12(19)9-13(14)18;1-10(2)15(13,14)8-5-3-4-7(6-8)9(11)12/h4-15,23H,16H2,1-3H3,(H2,27,28);2-9,15H,10H2,1H3,(H2,20,21);3-6,11-12H,1-2H3. The number of nitrogens with two attached hydrogens (primary N) is 2. The van der Waals surface area contributed by atoms with Crippen LogP contribution in [0, 0.1) is 0 Å². The number of carbonyl (C=O) groups excluding carboxylic acids is 2. The number of aliphatic imine (C=N–C) groups is 2. The lowest BCUT2D eigenvalue weighted by Gasteiger charge is -2.37. The molecule has 6 aromatic carbocycles. The monoisotopic (exact) mass is 1100 g/mol. The molecule has 0 saturated carbocycles. The van der Waals surface area contributed by atoms with Gasteiger partial charge in [0.05, 0.1) is 9.79 Å². The van der Waals surface area contributed by atoms with Crippen molar-refractivity contribution < 1.29 is 45.9 Å². The van der Waals surface area contributed by atoms with E-state index in [9.17, 15) is 26.4 Å². The molecule has 0 radical (unpaired) electrons. The molecule has 6 aromatic rings. The molecule has 0 aromatic heterocycles. The second-order valence-corrected chi connectivity index (χ2v) is 23.5. The number of likely N-dealkylation sites (N-methyl/N-ethyl adjacent to an activating group) is 2. The number of halogens is 1. The van der Waals surface area contributed by atoms with Gasteiger partial charge >= 0.3 is 7.12 Å². The van der Waals surface area contributed by atoms with E-state index in [-0.39, 0.29) is 51.2 Å². The Hall–Kier alpha value is -6.92. The third-order valence-corrected chi connectivity index (χ3v) is 17.3. The number of fused-ring (bicyclic) bond motifs is 4. The number of ether oxygens (including phenoxy) is 2. The molecule has 4 aliphatic rings. The Labute approximate surface area is 438 Å². The van der Waals surface area contributed by atoms with Crippen molar-refractivity contribution >= 4 is 72.3 Å². The fraction of sp³-hybridized carbons (Fsp3) is 0.231. The van der Waals surface area contributed by atoms with E-state index >= 15 is 0 Å². The van der Waals surface area contributed by atoms with E-state index in [1.165, 1.54) is 66.6 Å². The van der Waals surface area contributed by atoms with Crippen LogP contribution in [0.1, 0.15) is 47.3 Å². The van der Waals surface area contributed by atoms with Gasteiger partial charge in [-0.05, 0) is 82.3 Å². The molecule has 0 bridgehead atoms. The molecule has 4 atom stereocenters. The lowest BCUT2D eigenvalue weighted by molar-refractivity contribution is -0.133. The highest BCUT2D eigenvalue weighted by Crippen LogP contribution is 2.52. The number of sulfonamides is 2. The SMILES string of the molecule is CN(C)S(=O)(=O)c1cccc(B(O)O)c1.CN1C(=O)C2(CC(c3ccccc3)Oc3ccc(-c4cccc(S(=O)(=O)N(C)C)c4)cc32)N=C1N.CN1C(=O)C2(CC(c3ccccc3)Oc3ccc(Br)cc32)N=C1N. The van der Waals surface area contributed by atoms with Gasteiger partial charge in [0.25, 0.3) is 11.8 Å². The summed E-state index contributed by atoms with van der Waals surface area (Å²) in [7, 11) is 0.301. The van der Waals surface area contributed by atoms with Gasteiger partial charge in [0, 0.05) is 70.7 Å². The van der Waals surface area contributed by atoms with Gasteiger partial charge in [-0.25, -0.2) is 35.4 Å². The first kappa shape index (κ1) is 53.4. The van der Waals surface area contributed by atoms with Crippen LogP contribution in [-0.2, 0) is 40.7 Å². The number of nitrogens with zero attached hydrogens (tertiary/aromatic N) is 6. The summed E-state index contributed by atoms with van der Waals surface area (Å²) in [5, 5.41) is 17.8. The summed E-state index contributed by atoms with van der Waals surface area (Å²) in [4.78, 5) is 38.8. The minimum absolute atomic E-state index is 0.0399. The van der Waals surface area contributed by atoms with Crippen LogP contribution < -0.4 is 26.4 Å². The minimum Gasteiger partial charge on any atom is -0.485 e. The van der Waals surface area contributed by atoms with Gasteiger partial charge in [0.2, 0.25) is 20.0 Å². The molecule has 4 aliphatic heterocycles. The van der Waals surface area contributed by atoms with Crippen molar-refractivity contribution in [2.24, 2.45) is 21.5 Å². The van der Waals surface area contributed by atoms with Crippen LogP contribution in [0.5, 0.6) is 11.5 Å². The van der Waals surface area contributed by atoms with Crippen LogP contribution >= 0.6 is 15.9 Å². The molecule has 4 unspecified atom stereocenters. The molecule has 4 heterocycles. The number of amides is 2. The second-order valence-electron chi connectivity index (χ2n) is 18.2. The van der Waals surface area contributed by atoms with Crippen LogP contribution in [0.2, 0.25) is 0 Å². The number of hydrogen-bond donors (Lipinski definition) is 4. The molecular weight excluding hydrogens is 1050 g/mol. The van der Waals surface area contributed by atoms with Crippen molar-refractivity contribution in [2.75, 3.05) is 42.3 Å². The average molecular weight is 1110 g/mol. The van der Waals surface area contributed by atoms with E-state index < -0.39 is 38.2 Å².